The van der Waals surface area contributed by atoms with Gasteiger partial charge in [-0.05, 0) is 36.4 Å². The van der Waals surface area contributed by atoms with Crippen LogP contribution in [0.2, 0.25) is 5.02 Å². The molecule has 0 amide bonds. The predicted octanol–water partition coefficient (Wildman–Crippen LogP) is 3.89. The lowest BCUT2D eigenvalue weighted by atomic mass is 10.1. The van der Waals surface area contributed by atoms with E-state index in [0.717, 1.165) is 5.69 Å². The highest BCUT2D eigenvalue weighted by Crippen LogP contribution is 2.32. The zero-order valence-corrected chi connectivity index (χ0v) is 13.1. The van der Waals surface area contributed by atoms with E-state index in [1.165, 1.54) is 6.08 Å². The molecular formula is C17H14ClNO4. The predicted molar refractivity (Wildman–Crippen MR) is 87.7 cm³/mol. The average molecular weight is 332 g/mol. The third kappa shape index (κ3) is 3.40. The van der Waals surface area contributed by atoms with Crippen molar-refractivity contribution in [2.45, 2.75) is 0 Å². The van der Waals surface area contributed by atoms with E-state index in [1.807, 2.05) is 0 Å². The summed E-state index contributed by atoms with van der Waals surface area (Å²) in [5, 5.41) is 3.49. The second kappa shape index (κ2) is 6.62. The van der Waals surface area contributed by atoms with Crippen molar-refractivity contribution in [2.75, 3.05) is 19.2 Å². The van der Waals surface area contributed by atoms with Crippen molar-refractivity contribution in [3.05, 3.63) is 59.3 Å². The molecule has 0 aliphatic carbocycles. The first-order valence-corrected chi connectivity index (χ1v) is 7.26. The summed E-state index contributed by atoms with van der Waals surface area (Å²) in [5.74, 6) is 1.68. The Morgan fingerprint density at radius 1 is 1.22 bits per heavy atom. The van der Waals surface area contributed by atoms with Crippen molar-refractivity contribution >= 4 is 23.1 Å². The third-order valence-electron chi connectivity index (χ3n) is 3.29. The Bertz CT molecular complexity index is 773. The van der Waals surface area contributed by atoms with Gasteiger partial charge in [-0.3, -0.25) is 4.79 Å². The van der Waals surface area contributed by atoms with Crippen molar-refractivity contribution in [1.82, 2.24) is 0 Å². The molecule has 0 fully saturated rings. The minimum absolute atomic E-state index is 0.143. The van der Waals surface area contributed by atoms with Crippen LogP contribution < -0.4 is 19.5 Å². The summed E-state index contributed by atoms with van der Waals surface area (Å²) in [6.07, 6.45) is 3.00. The van der Waals surface area contributed by atoms with Gasteiger partial charge in [0.25, 0.3) is 0 Å². The molecule has 23 heavy (non-hydrogen) atoms. The van der Waals surface area contributed by atoms with Gasteiger partial charge in [-0.15, -0.1) is 0 Å². The number of fused-ring (bicyclic) bond motifs is 1. The molecule has 0 saturated heterocycles. The number of methoxy groups -OCH3 is 1. The van der Waals surface area contributed by atoms with Gasteiger partial charge >= 0.3 is 0 Å². The molecule has 2 aromatic rings. The zero-order valence-electron chi connectivity index (χ0n) is 12.3. The van der Waals surface area contributed by atoms with Crippen molar-refractivity contribution in [3.63, 3.8) is 0 Å². The number of ether oxygens (including phenoxy) is 3. The molecule has 0 atom stereocenters. The summed E-state index contributed by atoms with van der Waals surface area (Å²) in [6, 6.07) is 10.4. The van der Waals surface area contributed by atoms with Crippen molar-refractivity contribution in [2.24, 2.45) is 0 Å². The Hall–Kier alpha value is -2.66. The van der Waals surface area contributed by atoms with Crippen LogP contribution in [0.1, 0.15) is 10.4 Å². The number of hydrogen-bond donors (Lipinski definition) is 1. The van der Waals surface area contributed by atoms with Crippen molar-refractivity contribution in [3.8, 4) is 17.2 Å². The molecule has 118 valence electrons. The summed E-state index contributed by atoms with van der Waals surface area (Å²) in [6.45, 7) is 0.183. The molecule has 1 aliphatic heterocycles. The van der Waals surface area contributed by atoms with Crippen LogP contribution in [-0.2, 0) is 0 Å². The maximum absolute atomic E-state index is 12.1. The lowest BCUT2D eigenvalue weighted by Gasteiger charge is -2.05. The van der Waals surface area contributed by atoms with Crippen LogP contribution in [-0.4, -0.2) is 19.7 Å². The number of ketones is 1. The van der Waals surface area contributed by atoms with Crippen molar-refractivity contribution < 1.29 is 19.0 Å². The van der Waals surface area contributed by atoms with Crippen LogP contribution in [0.15, 0.2) is 48.7 Å². The van der Waals surface area contributed by atoms with Gasteiger partial charge in [0, 0.05) is 23.5 Å². The number of carbonyl (C=O) groups excluding carboxylic acids is 1. The Balaban J connectivity index is 1.66. The average Bonchev–Trinajstić information content (AvgIpc) is 3.02. The monoisotopic (exact) mass is 331 g/mol. The van der Waals surface area contributed by atoms with E-state index in [-0.39, 0.29) is 12.6 Å². The third-order valence-corrected chi connectivity index (χ3v) is 3.59. The molecule has 1 heterocycles. The summed E-state index contributed by atoms with van der Waals surface area (Å²) in [7, 11) is 1.55. The highest BCUT2D eigenvalue weighted by Gasteiger charge is 2.15. The molecule has 1 N–H and O–H groups in total. The summed E-state index contributed by atoms with van der Waals surface area (Å²) < 4.78 is 15.6. The molecule has 0 bridgehead atoms. The van der Waals surface area contributed by atoms with Gasteiger partial charge in [0.1, 0.15) is 5.75 Å². The number of hydrogen-bond acceptors (Lipinski definition) is 5. The van der Waals surface area contributed by atoms with E-state index < -0.39 is 0 Å². The van der Waals surface area contributed by atoms with Crippen LogP contribution >= 0.6 is 11.6 Å². The van der Waals surface area contributed by atoms with Crippen LogP contribution in [0.25, 0.3) is 0 Å². The number of rotatable bonds is 5. The van der Waals surface area contributed by atoms with Gasteiger partial charge in [0.2, 0.25) is 6.79 Å². The Labute approximate surface area is 138 Å². The van der Waals surface area contributed by atoms with Gasteiger partial charge in [0.15, 0.2) is 17.3 Å². The molecule has 3 rings (SSSR count). The van der Waals surface area contributed by atoms with Gasteiger partial charge in [-0.2, -0.15) is 0 Å². The zero-order chi connectivity index (χ0) is 16.2. The first-order chi connectivity index (χ1) is 11.2. The fourth-order valence-electron chi connectivity index (χ4n) is 2.12. The van der Waals surface area contributed by atoms with Crippen LogP contribution in [0.5, 0.6) is 17.2 Å². The Morgan fingerprint density at radius 2 is 2.04 bits per heavy atom. The maximum Gasteiger partial charge on any atom is 0.231 e. The van der Waals surface area contributed by atoms with Crippen molar-refractivity contribution in [1.29, 1.82) is 0 Å². The molecule has 0 unspecified atom stereocenters. The SMILES string of the molecule is COc1ccc(NC=CC(=O)c2ccc3c(c2)OCO3)cc1Cl. The molecule has 0 radical (unpaired) electrons. The number of benzene rings is 2. The lowest BCUT2D eigenvalue weighted by Crippen LogP contribution is -1.96. The molecule has 0 saturated carbocycles. The fourth-order valence-corrected chi connectivity index (χ4v) is 2.37. The fraction of sp³-hybridized carbons (Fsp3) is 0.118. The molecule has 0 aromatic heterocycles. The lowest BCUT2D eigenvalue weighted by molar-refractivity contribution is 0.104. The van der Waals surface area contributed by atoms with Crippen LogP contribution in [0.3, 0.4) is 0 Å². The quantitative estimate of drug-likeness (QED) is 0.665. The molecule has 1 aliphatic rings. The van der Waals surface area contributed by atoms with Crippen LogP contribution in [0, 0.1) is 0 Å². The second-order valence-corrected chi connectivity index (χ2v) is 5.17. The standard InChI is InChI=1S/C17H14ClNO4/c1-21-15-5-3-12(9-13(15)18)19-7-6-14(20)11-2-4-16-17(8-11)23-10-22-16/h2-9,19H,10H2,1H3. The highest BCUT2D eigenvalue weighted by molar-refractivity contribution is 6.32. The highest BCUT2D eigenvalue weighted by atomic mass is 35.5. The Morgan fingerprint density at radius 3 is 2.83 bits per heavy atom. The topological polar surface area (TPSA) is 56.8 Å². The van der Waals surface area contributed by atoms with Gasteiger partial charge < -0.3 is 19.5 Å². The Kier molecular flexibility index (Phi) is 4.39. The van der Waals surface area contributed by atoms with E-state index in [9.17, 15) is 4.79 Å². The van der Waals surface area contributed by atoms with E-state index >= 15 is 0 Å². The first kappa shape index (κ1) is 15.2. The van der Waals surface area contributed by atoms with E-state index in [2.05, 4.69) is 5.32 Å². The molecule has 6 heteroatoms. The largest absolute Gasteiger partial charge is 0.495 e. The smallest absolute Gasteiger partial charge is 0.231 e. The summed E-state index contributed by atoms with van der Waals surface area (Å²) in [5.41, 5.74) is 1.28. The van der Waals surface area contributed by atoms with Gasteiger partial charge in [-0.25, -0.2) is 0 Å². The van der Waals surface area contributed by atoms with E-state index in [4.69, 9.17) is 25.8 Å². The molecule has 2 aromatic carbocycles. The minimum atomic E-state index is -0.143. The minimum Gasteiger partial charge on any atom is -0.495 e. The number of halogens is 1. The normalized spacial score (nSPS) is 12.4. The van der Waals surface area contributed by atoms with E-state index in [0.29, 0.717) is 27.8 Å². The molecular weight excluding hydrogens is 318 g/mol. The number of carbonyl (C=O) groups is 1. The maximum atomic E-state index is 12.1. The number of allylic oxidation sites excluding steroid dienone is 1. The van der Waals surface area contributed by atoms with E-state index in [1.54, 1.807) is 49.7 Å². The number of anilines is 1. The summed E-state index contributed by atoms with van der Waals surface area (Å²) in [4.78, 5) is 12.1. The number of nitrogens with one attached hydrogen (secondary N) is 1. The first-order valence-electron chi connectivity index (χ1n) is 6.88. The molecule has 0 spiro atoms. The second-order valence-electron chi connectivity index (χ2n) is 4.76. The van der Waals surface area contributed by atoms with Crippen LogP contribution in [0.4, 0.5) is 5.69 Å². The summed E-state index contributed by atoms with van der Waals surface area (Å²) >= 11 is 6.04. The van der Waals surface area contributed by atoms with Gasteiger partial charge in [-0.1, -0.05) is 11.6 Å². The molecule has 5 nitrogen and oxygen atoms in total. The van der Waals surface area contributed by atoms with Gasteiger partial charge in [0.05, 0.1) is 12.1 Å².